The van der Waals surface area contributed by atoms with Gasteiger partial charge in [0.1, 0.15) is 18.5 Å². The third kappa shape index (κ3) is 7.91. The fourth-order valence-corrected chi connectivity index (χ4v) is 5.06. The summed E-state index contributed by atoms with van der Waals surface area (Å²) in [6.07, 6.45) is -2.43. The molecule has 1 N–H and O–H groups in total. The van der Waals surface area contributed by atoms with Gasteiger partial charge in [0.2, 0.25) is 5.91 Å². The van der Waals surface area contributed by atoms with Crippen molar-refractivity contribution in [3.63, 3.8) is 0 Å². The third-order valence-corrected chi connectivity index (χ3v) is 7.26. The van der Waals surface area contributed by atoms with Crippen LogP contribution in [0.5, 0.6) is 5.75 Å². The fourth-order valence-electron chi connectivity index (χ4n) is 5.06. The molecule has 0 spiro atoms. The summed E-state index contributed by atoms with van der Waals surface area (Å²) in [4.78, 5) is 17.7. The van der Waals surface area contributed by atoms with Gasteiger partial charge < -0.3 is 19.3 Å². The largest absolute Gasteiger partial charge is 0.490 e. The fraction of sp³-hybridized carbons (Fsp3) is 0.273. The van der Waals surface area contributed by atoms with Crippen molar-refractivity contribution in [2.24, 2.45) is 0 Å². The van der Waals surface area contributed by atoms with Gasteiger partial charge in [0.25, 0.3) is 0 Å². The highest BCUT2D eigenvalue weighted by Crippen LogP contribution is 2.30. The summed E-state index contributed by atoms with van der Waals surface area (Å²) in [5, 5.41) is 13.8. The molecule has 1 amide bonds. The van der Waals surface area contributed by atoms with E-state index < -0.39 is 18.0 Å². The molecule has 1 aliphatic rings. The summed E-state index contributed by atoms with van der Waals surface area (Å²) in [5.41, 5.74) is 1.42. The number of carbonyl (C=O) groups is 1. The van der Waals surface area contributed by atoms with Crippen molar-refractivity contribution in [1.29, 1.82) is 0 Å². The van der Waals surface area contributed by atoms with Crippen LogP contribution in [-0.2, 0) is 11.0 Å². The van der Waals surface area contributed by atoms with Crippen LogP contribution in [0.2, 0.25) is 0 Å². The highest BCUT2D eigenvalue weighted by molar-refractivity contribution is 5.87. The first-order valence-electron chi connectivity index (χ1n) is 14.0. The SMILES string of the molecule is O=C(C(c1ccccc1)c1ccccc1)N1CCN(CC(O)COc2ccccc2C=Cc2cc(C(F)(F)F)no2)CC1. The average Bonchev–Trinajstić information content (AvgIpc) is 3.51. The monoisotopic (exact) mass is 591 g/mol. The number of β-amino-alcohol motifs (C(OH)–C–C–N with tert-alkyl or cyclic N) is 1. The zero-order valence-corrected chi connectivity index (χ0v) is 23.4. The Bertz CT molecular complexity index is 1460. The average molecular weight is 592 g/mol. The minimum Gasteiger partial charge on any atom is -0.490 e. The van der Waals surface area contributed by atoms with Crippen LogP contribution in [0, 0.1) is 0 Å². The van der Waals surface area contributed by atoms with Crippen molar-refractivity contribution in [2.45, 2.75) is 18.2 Å². The molecule has 1 aliphatic heterocycles. The number of aliphatic hydroxyl groups excluding tert-OH is 1. The minimum atomic E-state index is -4.58. The first-order valence-corrected chi connectivity index (χ1v) is 14.0. The van der Waals surface area contributed by atoms with Gasteiger partial charge in [-0.1, -0.05) is 84.0 Å². The van der Waals surface area contributed by atoms with Crippen molar-refractivity contribution in [3.05, 3.63) is 119 Å². The van der Waals surface area contributed by atoms with E-state index >= 15 is 0 Å². The number of para-hydroxylation sites is 1. The standard InChI is InChI=1S/C33H32F3N3O4/c34-33(35,36)30-21-28(43-37-30)16-15-24-9-7-8-14-29(24)42-23-27(40)22-38-17-19-39(20-18-38)32(41)31(25-10-3-1-4-11-25)26-12-5-2-6-13-26/h1-16,21,27,31,40H,17-20,22-23H2. The van der Waals surface area contributed by atoms with Gasteiger partial charge in [-0.2, -0.15) is 13.2 Å². The number of alkyl halides is 3. The maximum atomic E-state index is 13.7. The number of hydrogen-bond donors (Lipinski definition) is 1. The van der Waals surface area contributed by atoms with Gasteiger partial charge in [-0.3, -0.25) is 9.69 Å². The number of rotatable bonds is 10. The number of hydrogen-bond acceptors (Lipinski definition) is 6. The number of benzene rings is 3. The van der Waals surface area contributed by atoms with Gasteiger partial charge >= 0.3 is 6.18 Å². The number of aliphatic hydroxyl groups is 1. The van der Waals surface area contributed by atoms with E-state index in [1.165, 1.54) is 6.08 Å². The summed E-state index contributed by atoms with van der Waals surface area (Å²) < 4.78 is 48.9. The van der Waals surface area contributed by atoms with Gasteiger partial charge in [0.15, 0.2) is 11.5 Å². The lowest BCUT2D eigenvalue weighted by Gasteiger charge is -2.37. The summed E-state index contributed by atoms with van der Waals surface area (Å²) in [6.45, 7) is 2.74. The summed E-state index contributed by atoms with van der Waals surface area (Å²) in [5.74, 6) is 0.110. The van der Waals surface area contributed by atoms with Crippen LogP contribution in [0.3, 0.4) is 0 Å². The Balaban J connectivity index is 1.13. The lowest BCUT2D eigenvalue weighted by atomic mass is 9.90. The second kappa shape index (κ2) is 13.7. The van der Waals surface area contributed by atoms with E-state index in [2.05, 4.69) is 10.1 Å². The molecule has 0 bridgehead atoms. The summed E-state index contributed by atoms with van der Waals surface area (Å²) in [6, 6.07) is 27.4. The molecule has 1 fully saturated rings. The molecule has 0 aliphatic carbocycles. The third-order valence-electron chi connectivity index (χ3n) is 7.26. The zero-order valence-electron chi connectivity index (χ0n) is 23.4. The lowest BCUT2D eigenvalue weighted by Crippen LogP contribution is -2.52. The predicted octanol–water partition coefficient (Wildman–Crippen LogP) is 5.58. The van der Waals surface area contributed by atoms with Crippen LogP contribution in [0.4, 0.5) is 13.2 Å². The molecule has 4 aromatic rings. The molecular formula is C33H32F3N3O4. The Morgan fingerprint density at radius 3 is 2.12 bits per heavy atom. The molecule has 2 heterocycles. The topological polar surface area (TPSA) is 79.0 Å². The second-order valence-electron chi connectivity index (χ2n) is 10.3. The Labute approximate surface area is 247 Å². The molecular weight excluding hydrogens is 559 g/mol. The van der Waals surface area contributed by atoms with Gasteiger partial charge in [0.05, 0.1) is 5.92 Å². The van der Waals surface area contributed by atoms with E-state index in [1.807, 2.05) is 65.6 Å². The summed E-state index contributed by atoms with van der Waals surface area (Å²) >= 11 is 0. The predicted molar refractivity (Wildman–Crippen MR) is 156 cm³/mol. The molecule has 1 unspecified atom stereocenters. The number of aromatic nitrogens is 1. The molecule has 1 atom stereocenters. The van der Waals surface area contributed by atoms with Crippen LogP contribution < -0.4 is 4.74 Å². The maximum absolute atomic E-state index is 13.7. The molecule has 5 rings (SSSR count). The van der Waals surface area contributed by atoms with E-state index in [9.17, 15) is 23.1 Å². The van der Waals surface area contributed by atoms with Crippen LogP contribution in [0.1, 0.15) is 34.1 Å². The smallest absolute Gasteiger partial charge is 0.436 e. The summed E-state index contributed by atoms with van der Waals surface area (Å²) in [7, 11) is 0. The van der Waals surface area contributed by atoms with E-state index in [4.69, 9.17) is 9.26 Å². The molecule has 1 aromatic heterocycles. The number of halogens is 3. The lowest BCUT2D eigenvalue weighted by molar-refractivity contribution is -0.142. The molecule has 7 nitrogen and oxygen atoms in total. The zero-order chi connectivity index (χ0) is 30.2. The van der Waals surface area contributed by atoms with Crippen molar-refractivity contribution >= 4 is 18.1 Å². The van der Waals surface area contributed by atoms with Crippen LogP contribution in [0.15, 0.2) is 95.5 Å². The molecule has 1 saturated heterocycles. The van der Waals surface area contributed by atoms with E-state index in [0.717, 1.165) is 17.2 Å². The number of amides is 1. The van der Waals surface area contributed by atoms with Crippen LogP contribution in [0.25, 0.3) is 12.2 Å². The maximum Gasteiger partial charge on any atom is 0.436 e. The molecule has 43 heavy (non-hydrogen) atoms. The quantitative estimate of drug-likeness (QED) is 0.260. The molecule has 0 saturated carbocycles. The molecule has 3 aromatic carbocycles. The number of nitrogens with zero attached hydrogens (tertiary/aromatic N) is 3. The van der Waals surface area contributed by atoms with Gasteiger partial charge in [-0.25, -0.2) is 0 Å². The van der Waals surface area contributed by atoms with Crippen molar-refractivity contribution in [3.8, 4) is 5.75 Å². The van der Waals surface area contributed by atoms with E-state index in [0.29, 0.717) is 44.0 Å². The molecule has 0 radical (unpaired) electrons. The molecule has 10 heteroatoms. The Morgan fingerprint density at radius 1 is 0.907 bits per heavy atom. The normalized spacial score (nSPS) is 15.2. The Kier molecular flexibility index (Phi) is 9.58. The number of ether oxygens (including phenoxy) is 1. The van der Waals surface area contributed by atoms with Gasteiger partial charge in [-0.15, -0.1) is 0 Å². The van der Waals surface area contributed by atoms with Gasteiger partial charge in [0, 0.05) is 44.4 Å². The molecule has 224 valence electrons. The van der Waals surface area contributed by atoms with Crippen LogP contribution >= 0.6 is 0 Å². The first-order chi connectivity index (χ1) is 20.8. The van der Waals surface area contributed by atoms with Crippen molar-refractivity contribution in [1.82, 2.24) is 15.0 Å². The van der Waals surface area contributed by atoms with Crippen LogP contribution in [-0.4, -0.2) is 71.4 Å². The second-order valence-corrected chi connectivity index (χ2v) is 10.3. The Hall–Kier alpha value is -4.41. The highest BCUT2D eigenvalue weighted by Gasteiger charge is 2.35. The minimum absolute atomic E-state index is 0.0224. The first kappa shape index (κ1) is 30.1. The van der Waals surface area contributed by atoms with Crippen molar-refractivity contribution < 1.29 is 32.3 Å². The van der Waals surface area contributed by atoms with E-state index in [1.54, 1.807) is 30.3 Å². The van der Waals surface area contributed by atoms with E-state index in [-0.39, 0.29) is 24.2 Å². The number of piperazine rings is 1. The number of carbonyl (C=O) groups excluding carboxylic acids is 1. The Morgan fingerprint density at radius 2 is 1.51 bits per heavy atom. The highest BCUT2D eigenvalue weighted by atomic mass is 19.4. The van der Waals surface area contributed by atoms with Crippen molar-refractivity contribution in [2.75, 3.05) is 39.3 Å². The van der Waals surface area contributed by atoms with Gasteiger partial charge in [-0.05, 0) is 29.3 Å².